The van der Waals surface area contributed by atoms with Crippen LogP contribution in [-0.2, 0) is 27.9 Å². The monoisotopic (exact) mass is 314 g/mol. The summed E-state index contributed by atoms with van der Waals surface area (Å²) < 4.78 is 26.3. The molecule has 1 aliphatic rings. The number of piperidine rings is 1. The molecule has 0 radical (unpaired) electrons. The molecular weight excluding hydrogens is 292 g/mol. The number of rotatable bonds is 5. The molecule has 0 spiro atoms. The van der Waals surface area contributed by atoms with Gasteiger partial charge in [0.1, 0.15) is 0 Å². The molecule has 21 heavy (non-hydrogen) atoms. The summed E-state index contributed by atoms with van der Waals surface area (Å²) in [7, 11) is -3.22. The second kappa shape index (κ2) is 6.57. The highest BCUT2D eigenvalue weighted by molar-refractivity contribution is 7.88. The zero-order valence-electron chi connectivity index (χ0n) is 12.4. The van der Waals surface area contributed by atoms with Gasteiger partial charge in [0.05, 0.1) is 18.4 Å². The van der Waals surface area contributed by atoms with Gasteiger partial charge in [-0.2, -0.15) is 5.10 Å². The van der Waals surface area contributed by atoms with Gasteiger partial charge in [-0.15, -0.1) is 0 Å². The molecule has 8 heteroatoms. The second-order valence-electron chi connectivity index (χ2n) is 5.38. The van der Waals surface area contributed by atoms with Gasteiger partial charge in [0, 0.05) is 37.9 Å². The molecule has 1 atom stereocenters. The lowest BCUT2D eigenvalue weighted by Gasteiger charge is -2.30. The minimum absolute atomic E-state index is 0.0902. The maximum absolute atomic E-state index is 12.2. The molecule has 1 saturated heterocycles. The first-order valence-electron chi connectivity index (χ1n) is 7.14. The van der Waals surface area contributed by atoms with E-state index in [9.17, 15) is 13.2 Å². The highest BCUT2D eigenvalue weighted by Gasteiger charge is 2.29. The fourth-order valence-corrected chi connectivity index (χ4v) is 3.37. The van der Waals surface area contributed by atoms with Crippen molar-refractivity contribution >= 4 is 15.9 Å². The molecule has 0 aliphatic carbocycles. The fourth-order valence-electron chi connectivity index (χ4n) is 2.46. The summed E-state index contributed by atoms with van der Waals surface area (Å²) in [5.74, 6) is -0.359. The van der Waals surface area contributed by atoms with Gasteiger partial charge in [0.25, 0.3) is 0 Å². The maximum Gasteiger partial charge on any atom is 0.224 e. The normalized spacial score (nSPS) is 20.4. The van der Waals surface area contributed by atoms with Crippen molar-refractivity contribution in [3.05, 3.63) is 18.0 Å². The summed E-state index contributed by atoms with van der Waals surface area (Å²) in [6.07, 6.45) is 6.26. The average molecular weight is 314 g/mol. The number of hydrogen-bond acceptors (Lipinski definition) is 4. The Morgan fingerprint density at radius 3 is 2.90 bits per heavy atom. The van der Waals surface area contributed by atoms with E-state index in [1.54, 1.807) is 10.9 Å². The number of carbonyl (C=O) groups is 1. The molecule has 118 valence electrons. The third-order valence-electron chi connectivity index (χ3n) is 3.70. The summed E-state index contributed by atoms with van der Waals surface area (Å²) in [6, 6.07) is 0. The molecule has 0 aromatic carbocycles. The number of nitrogens with zero attached hydrogens (tertiary/aromatic N) is 3. The van der Waals surface area contributed by atoms with E-state index in [-0.39, 0.29) is 18.4 Å². The molecular formula is C13H22N4O3S. The number of carbonyl (C=O) groups excluding carboxylic acids is 1. The van der Waals surface area contributed by atoms with Gasteiger partial charge in [0.15, 0.2) is 0 Å². The van der Waals surface area contributed by atoms with Crippen molar-refractivity contribution in [3.8, 4) is 0 Å². The van der Waals surface area contributed by atoms with Gasteiger partial charge >= 0.3 is 0 Å². The Morgan fingerprint density at radius 1 is 1.52 bits per heavy atom. The minimum atomic E-state index is -3.22. The van der Waals surface area contributed by atoms with Crippen LogP contribution in [0.2, 0.25) is 0 Å². The molecule has 1 aliphatic heterocycles. The van der Waals surface area contributed by atoms with E-state index < -0.39 is 10.0 Å². The van der Waals surface area contributed by atoms with Gasteiger partial charge in [-0.25, -0.2) is 12.7 Å². The first kappa shape index (κ1) is 16.0. The van der Waals surface area contributed by atoms with Crippen LogP contribution in [0.15, 0.2) is 12.4 Å². The maximum atomic E-state index is 12.2. The highest BCUT2D eigenvalue weighted by atomic mass is 32.2. The Hall–Kier alpha value is -1.41. The number of aryl methyl sites for hydroxylation is 1. The molecule has 0 bridgehead atoms. The third kappa shape index (κ3) is 4.28. The third-order valence-corrected chi connectivity index (χ3v) is 4.97. The zero-order valence-corrected chi connectivity index (χ0v) is 13.3. The fraction of sp³-hybridized carbons (Fsp3) is 0.692. The van der Waals surface area contributed by atoms with Crippen LogP contribution in [0, 0.1) is 5.92 Å². The van der Waals surface area contributed by atoms with Crippen LogP contribution in [0.1, 0.15) is 25.3 Å². The van der Waals surface area contributed by atoms with Crippen LogP contribution in [0.25, 0.3) is 0 Å². The van der Waals surface area contributed by atoms with Crippen molar-refractivity contribution in [2.24, 2.45) is 5.92 Å². The molecule has 0 unspecified atom stereocenters. The first-order chi connectivity index (χ1) is 9.90. The molecule has 1 fully saturated rings. The van der Waals surface area contributed by atoms with Gasteiger partial charge in [-0.1, -0.05) is 0 Å². The van der Waals surface area contributed by atoms with Crippen LogP contribution in [0.5, 0.6) is 0 Å². The predicted molar refractivity (Wildman–Crippen MR) is 78.9 cm³/mol. The number of nitrogens with one attached hydrogen (secondary N) is 1. The van der Waals surface area contributed by atoms with Gasteiger partial charge in [0.2, 0.25) is 15.9 Å². The standard InChI is InChI=1S/C13H22N4O3S/c1-3-16-9-11(8-15-16)7-14-13(18)12-5-4-6-17(10-12)21(2,19)20/h8-9,12H,3-7,10H2,1-2H3,(H,14,18)/t12-/m0/s1. The zero-order chi connectivity index (χ0) is 15.5. The lowest BCUT2D eigenvalue weighted by molar-refractivity contribution is -0.126. The van der Waals surface area contributed by atoms with Gasteiger partial charge in [-0.05, 0) is 19.8 Å². The molecule has 7 nitrogen and oxygen atoms in total. The van der Waals surface area contributed by atoms with Crippen molar-refractivity contribution in [2.45, 2.75) is 32.9 Å². The van der Waals surface area contributed by atoms with E-state index in [1.165, 1.54) is 10.6 Å². The molecule has 1 N–H and O–H groups in total. The van der Waals surface area contributed by atoms with E-state index in [2.05, 4.69) is 10.4 Å². The van der Waals surface area contributed by atoms with Crippen LogP contribution in [0.3, 0.4) is 0 Å². The first-order valence-corrected chi connectivity index (χ1v) is 8.99. The summed E-state index contributed by atoms with van der Waals surface area (Å²) in [5.41, 5.74) is 0.945. The molecule has 1 aromatic rings. The average Bonchev–Trinajstić information content (AvgIpc) is 2.92. The number of sulfonamides is 1. The lowest BCUT2D eigenvalue weighted by Crippen LogP contribution is -2.44. The molecule has 1 aromatic heterocycles. The largest absolute Gasteiger partial charge is 0.352 e. The summed E-state index contributed by atoms with van der Waals surface area (Å²) in [4.78, 5) is 12.2. The Balaban J connectivity index is 1.88. The number of amides is 1. The van der Waals surface area contributed by atoms with Crippen LogP contribution in [0.4, 0.5) is 0 Å². The number of aromatic nitrogens is 2. The van der Waals surface area contributed by atoms with Crippen molar-refractivity contribution < 1.29 is 13.2 Å². The van der Waals surface area contributed by atoms with E-state index in [0.29, 0.717) is 13.1 Å². The van der Waals surface area contributed by atoms with Crippen LogP contribution >= 0.6 is 0 Å². The van der Waals surface area contributed by atoms with Crippen molar-refractivity contribution in [3.63, 3.8) is 0 Å². The van der Waals surface area contributed by atoms with Crippen LogP contribution < -0.4 is 5.32 Å². The van der Waals surface area contributed by atoms with Gasteiger partial charge in [-0.3, -0.25) is 9.48 Å². The Kier molecular flexibility index (Phi) is 5.00. The second-order valence-corrected chi connectivity index (χ2v) is 7.36. The molecule has 2 rings (SSSR count). The number of hydrogen-bond donors (Lipinski definition) is 1. The van der Waals surface area contributed by atoms with E-state index in [0.717, 1.165) is 24.9 Å². The summed E-state index contributed by atoms with van der Waals surface area (Å²) in [6.45, 7) is 4.00. The Bertz CT molecular complexity index is 596. The Morgan fingerprint density at radius 2 is 2.29 bits per heavy atom. The van der Waals surface area contributed by atoms with E-state index in [4.69, 9.17) is 0 Å². The molecule has 1 amide bonds. The molecule has 0 saturated carbocycles. The molecule has 2 heterocycles. The van der Waals surface area contributed by atoms with Crippen molar-refractivity contribution in [1.29, 1.82) is 0 Å². The Labute approximate surface area is 125 Å². The van der Waals surface area contributed by atoms with Crippen molar-refractivity contribution in [2.75, 3.05) is 19.3 Å². The quantitative estimate of drug-likeness (QED) is 0.841. The van der Waals surface area contributed by atoms with E-state index in [1.807, 2.05) is 13.1 Å². The summed E-state index contributed by atoms with van der Waals surface area (Å²) >= 11 is 0. The van der Waals surface area contributed by atoms with E-state index >= 15 is 0 Å². The predicted octanol–water partition coefficient (Wildman–Crippen LogP) is 0.191. The van der Waals surface area contributed by atoms with Crippen LogP contribution in [-0.4, -0.2) is 47.8 Å². The minimum Gasteiger partial charge on any atom is -0.352 e. The smallest absolute Gasteiger partial charge is 0.224 e. The van der Waals surface area contributed by atoms with Crippen molar-refractivity contribution in [1.82, 2.24) is 19.4 Å². The topological polar surface area (TPSA) is 84.3 Å². The van der Waals surface area contributed by atoms with Gasteiger partial charge < -0.3 is 5.32 Å². The SMILES string of the molecule is CCn1cc(CNC(=O)[C@H]2CCCN(S(C)(=O)=O)C2)cn1. The highest BCUT2D eigenvalue weighted by Crippen LogP contribution is 2.18. The lowest BCUT2D eigenvalue weighted by atomic mass is 9.99. The summed E-state index contributed by atoms with van der Waals surface area (Å²) in [5, 5.41) is 7.01.